The van der Waals surface area contributed by atoms with Gasteiger partial charge in [-0.1, -0.05) is 29.4 Å². The minimum atomic E-state index is -0.583. The maximum atomic E-state index is 13.8. The molecule has 0 aliphatic heterocycles. The molecule has 2 aromatic heterocycles. The van der Waals surface area contributed by atoms with Gasteiger partial charge in [0.15, 0.2) is 0 Å². The van der Waals surface area contributed by atoms with Crippen LogP contribution in [0.25, 0.3) is 0 Å². The Labute approximate surface area is 156 Å². The first-order chi connectivity index (χ1) is 12.0. The molecule has 0 fully saturated rings. The standard InChI is InChI=1S/C15H13ClFN5OS2/c1-9(14(23)18-13-5-4-10(16)7-12(13)17)25-15-19-20-21-22(15)8-11-3-2-6-24-11/h2-7,9H,8H2,1H3,(H,18,23). The third-order valence-corrected chi connectivity index (χ3v) is 5.39. The van der Waals surface area contributed by atoms with Gasteiger partial charge in [0.05, 0.1) is 17.5 Å². The van der Waals surface area contributed by atoms with E-state index in [0.29, 0.717) is 11.7 Å². The number of nitrogens with zero attached hydrogens (tertiary/aromatic N) is 4. The van der Waals surface area contributed by atoms with Crippen LogP contribution in [0.5, 0.6) is 0 Å². The monoisotopic (exact) mass is 397 g/mol. The van der Waals surface area contributed by atoms with Crippen molar-refractivity contribution in [1.29, 1.82) is 0 Å². The first-order valence-electron chi connectivity index (χ1n) is 7.24. The van der Waals surface area contributed by atoms with Crippen molar-refractivity contribution in [3.63, 3.8) is 0 Å². The Bertz CT molecular complexity index is 871. The molecule has 10 heteroatoms. The van der Waals surface area contributed by atoms with E-state index in [9.17, 15) is 9.18 Å². The van der Waals surface area contributed by atoms with Crippen LogP contribution in [0.15, 0.2) is 40.9 Å². The van der Waals surface area contributed by atoms with Crippen molar-refractivity contribution >= 4 is 46.3 Å². The van der Waals surface area contributed by atoms with Crippen molar-refractivity contribution in [2.75, 3.05) is 5.32 Å². The molecule has 1 amide bonds. The lowest BCUT2D eigenvalue weighted by Gasteiger charge is -2.12. The summed E-state index contributed by atoms with van der Waals surface area (Å²) in [7, 11) is 0. The van der Waals surface area contributed by atoms with Crippen molar-refractivity contribution in [3.8, 4) is 0 Å². The second-order valence-electron chi connectivity index (χ2n) is 5.07. The Morgan fingerprint density at radius 3 is 3.04 bits per heavy atom. The summed E-state index contributed by atoms with van der Waals surface area (Å²) in [6.07, 6.45) is 0. The van der Waals surface area contributed by atoms with Crippen molar-refractivity contribution in [3.05, 3.63) is 51.4 Å². The van der Waals surface area contributed by atoms with Gasteiger partial charge in [-0.05, 0) is 47.0 Å². The molecule has 0 saturated carbocycles. The van der Waals surface area contributed by atoms with Gasteiger partial charge >= 0.3 is 0 Å². The van der Waals surface area contributed by atoms with Gasteiger partial charge in [-0.25, -0.2) is 9.07 Å². The minimum Gasteiger partial charge on any atom is -0.323 e. The summed E-state index contributed by atoms with van der Waals surface area (Å²) in [6, 6.07) is 8.03. The van der Waals surface area contributed by atoms with Crippen LogP contribution < -0.4 is 5.32 Å². The van der Waals surface area contributed by atoms with E-state index < -0.39 is 11.1 Å². The van der Waals surface area contributed by atoms with Gasteiger partial charge < -0.3 is 5.32 Å². The van der Waals surface area contributed by atoms with E-state index in [4.69, 9.17) is 11.6 Å². The van der Waals surface area contributed by atoms with Crippen LogP contribution in [-0.2, 0) is 11.3 Å². The number of halogens is 2. The maximum absolute atomic E-state index is 13.8. The summed E-state index contributed by atoms with van der Waals surface area (Å²) in [5.41, 5.74) is 0.0834. The normalized spacial score (nSPS) is 12.1. The highest BCUT2D eigenvalue weighted by Crippen LogP contribution is 2.24. The van der Waals surface area contributed by atoms with Crippen LogP contribution in [-0.4, -0.2) is 31.4 Å². The van der Waals surface area contributed by atoms with Crippen LogP contribution in [0.1, 0.15) is 11.8 Å². The summed E-state index contributed by atoms with van der Waals surface area (Å²) >= 11 is 8.51. The number of aromatic nitrogens is 4. The topological polar surface area (TPSA) is 72.7 Å². The molecule has 130 valence electrons. The molecule has 0 radical (unpaired) electrons. The molecule has 0 bridgehead atoms. The average Bonchev–Trinajstić information content (AvgIpc) is 3.23. The first-order valence-corrected chi connectivity index (χ1v) is 9.38. The molecule has 0 aliphatic carbocycles. The summed E-state index contributed by atoms with van der Waals surface area (Å²) in [5, 5.41) is 16.4. The molecular weight excluding hydrogens is 385 g/mol. The number of amides is 1. The van der Waals surface area contributed by atoms with Gasteiger partial charge in [-0.2, -0.15) is 0 Å². The number of carbonyl (C=O) groups excluding carboxylic acids is 1. The molecule has 3 rings (SSSR count). The smallest absolute Gasteiger partial charge is 0.237 e. The minimum absolute atomic E-state index is 0.0834. The van der Waals surface area contributed by atoms with Gasteiger partial charge in [-0.15, -0.1) is 16.4 Å². The molecular formula is C15H13ClFN5OS2. The van der Waals surface area contributed by atoms with E-state index in [1.165, 1.54) is 23.9 Å². The number of tetrazole rings is 1. The van der Waals surface area contributed by atoms with E-state index in [2.05, 4.69) is 20.8 Å². The first kappa shape index (κ1) is 17.8. The largest absolute Gasteiger partial charge is 0.323 e. The molecule has 3 aromatic rings. The lowest BCUT2D eigenvalue weighted by molar-refractivity contribution is -0.115. The fourth-order valence-electron chi connectivity index (χ4n) is 1.97. The molecule has 1 unspecified atom stereocenters. The summed E-state index contributed by atoms with van der Waals surface area (Å²) in [6.45, 7) is 2.24. The van der Waals surface area contributed by atoms with Crippen molar-refractivity contribution in [2.24, 2.45) is 0 Å². The van der Waals surface area contributed by atoms with E-state index in [-0.39, 0.29) is 16.6 Å². The van der Waals surface area contributed by atoms with Crippen LogP contribution in [0, 0.1) is 5.82 Å². The van der Waals surface area contributed by atoms with Gasteiger partial charge in [0.2, 0.25) is 11.1 Å². The molecule has 1 N–H and O–H groups in total. The number of anilines is 1. The lowest BCUT2D eigenvalue weighted by atomic mass is 10.3. The van der Waals surface area contributed by atoms with E-state index >= 15 is 0 Å². The summed E-state index contributed by atoms with van der Waals surface area (Å²) in [5.74, 6) is -0.933. The molecule has 0 spiro atoms. The van der Waals surface area contributed by atoms with E-state index in [1.807, 2.05) is 17.5 Å². The molecule has 2 heterocycles. The van der Waals surface area contributed by atoms with Crippen LogP contribution >= 0.6 is 34.7 Å². The van der Waals surface area contributed by atoms with Crippen molar-refractivity contribution in [2.45, 2.75) is 23.9 Å². The molecule has 25 heavy (non-hydrogen) atoms. The Kier molecular flexibility index (Phi) is 5.67. The summed E-state index contributed by atoms with van der Waals surface area (Å²) in [4.78, 5) is 13.4. The third-order valence-electron chi connectivity index (χ3n) is 3.23. The predicted octanol–water partition coefficient (Wildman–Crippen LogP) is 3.69. The number of hydrogen-bond donors (Lipinski definition) is 1. The highest BCUT2D eigenvalue weighted by molar-refractivity contribution is 8.00. The number of thioether (sulfide) groups is 1. The third kappa shape index (κ3) is 4.56. The molecule has 0 saturated heterocycles. The number of nitrogens with one attached hydrogen (secondary N) is 1. The number of thiophene rings is 1. The van der Waals surface area contributed by atoms with Gasteiger partial charge in [0, 0.05) is 9.90 Å². The van der Waals surface area contributed by atoms with Crippen LogP contribution in [0.3, 0.4) is 0 Å². The Balaban J connectivity index is 1.65. The lowest BCUT2D eigenvalue weighted by Crippen LogP contribution is -2.23. The number of benzene rings is 1. The molecule has 0 aliphatic rings. The maximum Gasteiger partial charge on any atom is 0.237 e. The predicted molar refractivity (Wildman–Crippen MR) is 96.6 cm³/mol. The highest BCUT2D eigenvalue weighted by atomic mass is 35.5. The fourth-order valence-corrected chi connectivity index (χ4v) is 3.60. The Morgan fingerprint density at radius 2 is 2.32 bits per heavy atom. The number of carbonyl (C=O) groups is 1. The molecule has 6 nitrogen and oxygen atoms in total. The summed E-state index contributed by atoms with van der Waals surface area (Å²) < 4.78 is 15.4. The van der Waals surface area contributed by atoms with Crippen LogP contribution in [0.2, 0.25) is 5.02 Å². The zero-order chi connectivity index (χ0) is 17.8. The van der Waals surface area contributed by atoms with Gasteiger partial charge in [-0.3, -0.25) is 4.79 Å². The van der Waals surface area contributed by atoms with Gasteiger partial charge in [0.25, 0.3) is 0 Å². The average molecular weight is 398 g/mol. The quantitative estimate of drug-likeness (QED) is 0.642. The zero-order valence-electron chi connectivity index (χ0n) is 13.0. The Morgan fingerprint density at radius 1 is 1.48 bits per heavy atom. The highest BCUT2D eigenvalue weighted by Gasteiger charge is 2.20. The number of hydrogen-bond acceptors (Lipinski definition) is 6. The Hall–Kier alpha value is -1.97. The number of rotatable bonds is 6. The molecule has 1 atom stereocenters. The van der Waals surface area contributed by atoms with Crippen molar-refractivity contribution in [1.82, 2.24) is 20.2 Å². The second kappa shape index (κ2) is 7.94. The van der Waals surface area contributed by atoms with Crippen molar-refractivity contribution < 1.29 is 9.18 Å². The molecule has 1 aromatic carbocycles. The second-order valence-corrected chi connectivity index (χ2v) is 7.85. The van der Waals surface area contributed by atoms with E-state index in [1.54, 1.807) is 22.9 Å². The SMILES string of the molecule is CC(Sc1nnnn1Cc1cccs1)C(=O)Nc1ccc(Cl)cc1F. The zero-order valence-corrected chi connectivity index (χ0v) is 15.4. The van der Waals surface area contributed by atoms with E-state index in [0.717, 1.165) is 10.9 Å². The fraction of sp³-hybridized carbons (Fsp3) is 0.200. The van der Waals surface area contributed by atoms with Crippen LogP contribution in [0.4, 0.5) is 10.1 Å². The van der Waals surface area contributed by atoms with Gasteiger partial charge in [0.1, 0.15) is 5.82 Å².